The summed E-state index contributed by atoms with van der Waals surface area (Å²) in [5.41, 5.74) is 2.18. The Balaban J connectivity index is 1.74. The van der Waals surface area contributed by atoms with Crippen molar-refractivity contribution in [2.45, 2.75) is 6.61 Å². The van der Waals surface area contributed by atoms with E-state index in [4.69, 9.17) is 14.2 Å². The van der Waals surface area contributed by atoms with Crippen molar-refractivity contribution in [3.63, 3.8) is 0 Å². The molecule has 0 heterocycles. The summed E-state index contributed by atoms with van der Waals surface area (Å²) in [5.74, 6) is 1.38. The second-order valence-electron chi connectivity index (χ2n) is 6.26. The smallest absolute Gasteiger partial charge is 0.189 e. The van der Waals surface area contributed by atoms with Crippen LogP contribution in [-0.4, -0.2) is 25.1 Å². The molecule has 0 aliphatic carbocycles. The SMILES string of the molecule is COc1cc(OCc2ccccc2)ccc1C=CC(=O)c1ccc(O)cc1OC. The molecule has 0 aliphatic rings. The number of hydrogen-bond donors (Lipinski definition) is 1. The Labute approximate surface area is 169 Å². The highest BCUT2D eigenvalue weighted by molar-refractivity contribution is 6.08. The van der Waals surface area contributed by atoms with E-state index >= 15 is 0 Å². The molecule has 3 aromatic carbocycles. The first-order valence-corrected chi connectivity index (χ1v) is 9.05. The molecule has 0 saturated heterocycles. The first-order chi connectivity index (χ1) is 14.1. The molecule has 0 aromatic heterocycles. The lowest BCUT2D eigenvalue weighted by atomic mass is 10.1. The summed E-state index contributed by atoms with van der Waals surface area (Å²) in [7, 11) is 3.02. The van der Waals surface area contributed by atoms with Gasteiger partial charge in [-0.2, -0.15) is 0 Å². The molecule has 5 nitrogen and oxygen atoms in total. The fraction of sp³-hybridized carbons (Fsp3) is 0.125. The van der Waals surface area contributed by atoms with Crippen molar-refractivity contribution in [3.05, 3.63) is 89.5 Å². The third kappa shape index (κ3) is 5.17. The molecule has 0 bridgehead atoms. The molecule has 3 rings (SSSR count). The zero-order valence-electron chi connectivity index (χ0n) is 16.3. The van der Waals surface area contributed by atoms with Crippen LogP contribution in [0.3, 0.4) is 0 Å². The van der Waals surface area contributed by atoms with Gasteiger partial charge in [0.2, 0.25) is 0 Å². The van der Waals surface area contributed by atoms with Gasteiger partial charge in [0.25, 0.3) is 0 Å². The van der Waals surface area contributed by atoms with Crippen LogP contribution < -0.4 is 14.2 Å². The van der Waals surface area contributed by atoms with Crippen LogP contribution in [0.25, 0.3) is 6.08 Å². The number of ketones is 1. The minimum absolute atomic E-state index is 0.0372. The average molecular weight is 390 g/mol. The summed E-state index contributed by atoms with van der Waals surface area (Å²) in [6, 6.07) is 19.7. The van der Waals surface area contributed by atoms with Crippen molar-refractivity contribution in [3.8, 4) is 23.0 Å². The molecule has 0 saturated carbocycles. The number of phenols is 1. The second-order valence-corrected chi connectivity index (χ2v) is 6.26. The van der Waals surface area contributed by atoms with Crippen molar-refractivity contribution in [1.29, 1.82) is 0 Å². The lowest BCUT2D eigenvalue weighted by Crippen LogP contribution is -1.99. The Morgan fingerprint density at radius 2 is 1.69 bits per heavy atom. The van der Waals surface area contributed by atoms with E-state index in [1.807, 2.05) is 42.5 Å². The van der Waals surface area contributed by atoms with Crippen LogP contribution in [0.5, 0.6) is 23.0 Å². The van der Waals surface area contributed by atoms with Gasteiger partial charge in [0.05, 0.1) is 19.8 Å². The number of aromatic hydroxyl groups is 1. The lowest BCUT2D eigenvalue weighted by molar-refractivity contribution is 0.104. The molecule has 1 N–H and O–H groups in total. The Bertz CT molecular complexity index is 1010. The van der Waals surface area contributed by atoms with Gasteiger partial charge in [0.15, 0.2) is 5.78 Å². The number of carbonyl (C=O) groups excluding carboxylic acids is 1. The largest absolute Gasteiger partial charge is 0.508 e. The number of benzene rings is 3. The van der Waals surface area contributed by atoms with Crippen molar-refractivity contribution < 1.29 is 24.1 Å². The number of hydrogen-bond acceptors (Lipinski definition) is 5. The highest BCUT2D eigenvalue weighted by Gasteiger charge is 2.11. The molecule has 148 valence electrons. The fourth-order valence-electron chi connectivity index (χ4n) is 2.80. The van der Waals surface area contributed by atoms with Gasteiger partial charge in [-0.3, -0.25) is 4.79 Å². The van der Waals surface area contributed by atoms with Gasteiger partial charge >= 0.3 is 0 Å². The minimum atomic E-state index is -0.242. The predicted octanol–water partition coefficient (Wildman–Crippen LogP) is 4.88. The number of ether oxygens (including phenoxy) is 3. The standard InChI is InChI=1S/C24H22O5/c1-27-23-15-20(29-16-17-6-4-3-5-7-17)11-8-18(23)9-13-22(26)21-12-10-19(25)14-24(21)28-2/h3-15,25H,16H2,1-2H3. The molecule has 29 heavy (non-hydrogen) atoms. The van der Waals surface area contributed by atoms with Gasteiger partial charge < -0.3 is 19.3 Å². The summed E-state index contributed by atoms with van der Waals surface area (Å²) < 4.78 is 16.4. The first-order valence-electron chi connectivity index (χ1n) is 9.05. The van der Waals surface area contributed by atoms with E-state index in [9.17, 15) is 9.90 Å². The molecule has 0 aliphatic heterocycles. The van der Waals surface area contributed by atoms with E-state index in [0.29, 0.717) is 29.4 Å². The molecular weight excluding hydrogens is 368 g/mol. The predicted molar refractivity (Wildman–Crippen MR) is 112 cm³/mol. The summed E-state index contributed by atoms with van der Waals surface area (Å²) in [5, 5.41) is 9.53. The van der Waals surface area contributed by atoms with E-state index < -0.39 is 0 Å². The maximum atomic E-state index is 12.5. The number of rotatable bonds is 8. The maximum absolute atomic E-state index is 12.5. The molecule has 0 unspecified atom stereocenters. The van der Waals surface area contributed by atoms with Crippen LogP contribution in [0.2, 0.25) is 0 Å². The molecule has 5 heteroatoms. The number of methoxy groups -OCH3 is 2. The molecule has 3 aromatic rings. The highest BCUT2D eigenvalue weighted by atomic mass is 16.5. The Hall–Kier alpha value is -3.73. The van der Waals surface area contributed by atoms with Gasteiger partial charge in [-0.05, 0) is 42.0 Å². The molecular formula is C24H22O5. The van der Waals surface area contributed by atoms with Crippen molar-refractivity contribution in [2.75, 3.05) is 14.2 Å². The van der Waals surface area contributed by atoms with E-state index in [-0.39, 0.29) is 11.5 Å². The van der Waals surface area contributed by atoms with Gasteiger partial charge in [-0.25, -0.2) is 0 Å². The van der Waals surface area contributed by atoms with Crippen LogP contribution in [0.4, 0.5) is 0 Å². The highest BCUT2D eigenvalue weighted by Crippen LogP contribution is 2.28. The van der Waals surface area contributed by atoms with Crippen LogP contribution in [0.1, 0.15) is 21.5 Å². The molecule has 0 radical (unpaired) electrons. The zero-order chi connectivity index (χ0) is 20.6. The lowest BCUT2D eigenvalue weighted by Gasteiger charge is -2.10. The zero-order valence-corrected chi connectivity index (χ0v) is 16.3. The summed E-state index contributed by atoms with van der Waals surface area (Å²) >= 11 is 0. The van der Waals surface area contributed by atoms with Crippen LogP contribution in [0.15, 0.2) is 72.8 Å². The number of allylic oxidation sites excluding steroid dienone is 1. The molecule has 0 atom stereocenters. The summed E-state index contributed by atoms with van der Waals surface area (Å²) in [6.45, 7) is 0.457. The van der Waals surface area contributed by atoms with Gasteiger partial charge in [0.1, 0.15) is 29.6 Å². The van der Waals surface area contributed by atoms with Gasteiger partial charge in [-0.15, -0.1) is 0 Å². The summed E-state index contributed by atoms with van der Waals surface area (Å²) in [4.78, 5) is 12.5. The Kier molecular flexibility index (Phi) is 6.53. The average Bonchev–Trinajstić information content (AvgIpc) is 2.76. The monoisotopic (exact) mass is 390 g/mol. The number of carbonyl (C=O) groups is 1. The molecule has 0 spiro atoms. The minimum Gasteiger partial charge on any atom is -0.508 e. The van der Waals surface area contributed by atoms with E-state index in [2.05, 4.69) is 0 Å². The van der Waals surface area contributed by atoms with Crippen molar-refractivity contribution >= 4 is 11.9 Å². The van der Waals surface area contributed by atoms with Crippen LogP contribution in [-0.2, 0) is 6.61 Å². The topological polar surface area (TPSA) is 65.0 Å². The van der Waals surface area contributed by atoms with E-state index in [1.54, 1.807) is 19.3 Å². The molecule has 0 fully saturated rings. The maximum Gasteiger partial charge on any atom is 0.189 e. The van der Waals surface area contributed by atoms with Crippen LogP contribution >= 0.6 is 0 Å². The van der Waals surface area contributed by atoms with Crippen molar-refractivity contribution in [2.24, 2.45) is 0 Å². The quantitative estimate of drug-likeness (QED) is 0.438. The number of phenolic OH excluding ortho intramolecular Hbond substituents is 1. The Morgan fingerprint density at radius 3 is 2.41 bits per heavy atom. The third-order valence-electron chi connectivity index (χ3n) is 4.32. The summed E-state index contributed by atoms with van der Waals surface area (Å²) in [6.07, 6.45) is 3.12. The van der Waals surface area contributed by atoms with E-state index in [0.717, 1.165) is 11.1 Å². The third-order valence-corrected chi connectivity index (χ3v) is 4.32. The van der Waals surface area contributed by atoms with Gasteiger partial charge in [-0.1, -0.05) is 30.3 Å². The first kappa shape index (κ1) is 20.0. The second kappa shape index (κ2) is 9.46. The molecule has 0 amide bonds. The fourth-order valence-corrected chi connectivity index (χ4v) is 2.80. The van der Waals surface area contributed by atoms with Crippen molar-refractivity contribution in [1.82, 2.24) is 0 Å². The normalized spacial score (nSPS) is 10.7. The van der Waals surface area contributed by atoms with Gasteiger partial charge in [0, 0.05) is 17.7 Å². The van der Waals surface area contributed by atoms with Crippen LogP contribution in [0, 0.1) is 0 Å². The van der Waals surface area contributed by atoms with E-state index in [1.165, 1.54) is 31.4 Å². The Morgan fingerprint density at radius 1 is 0.931 bits per heavy atom.